The van der Waals surface area contributed by atoms with Gasteiger partial charge in [-0.15, -0.1) is 0 Å². The zero-order valence-electron chi connectivity index (χ0n) is 11.1. The molecule has 0 aliphatic carbocycles. The second-order valence-corrected chi connectivity index (χ2v) is 5.99. The van der Waals surface area contributed by atoms with Crippen LogP contribution >= 0.6 is 12.6 Å². The van der Waals surface area contributed by atoms with Crippen LogP contribution in [-0.2, 0) is 9.53 Å². The Morgan fingerprint density at radius 2 is 1.94 bits per heavy atom. The van der Waals surface area contributed by atoms with Gasteiger partial charge in [0.25, 0.3) is 0 Å². The first-order chi connectivity index (χ1) is 7.40. The van der Waals surface area contributed by atoms with E-state index in [0.29, 0.717) is 13.0 Å². The standard InChI is InChI=1S/C13H26O2S/c1-5-13(4,16)12(14)15-10-8-6-7-9-11(2)3/h11,16H,5-10H2,1-4H3. The second kappa shape index (κ2) is 7.99. The Hall–Kier alpha value is -0.180. The third-order valence-corrected chi connectivity index (χ3v) is 3.29. The number of rotatable bonds is 8. The van der Waals surface area contributed by atoms with E-state index < -0.39 is 4.75 Å². The van der Waals surface area contributed by atoms with Crippen molar-refractivity contribution in [2.24, 2.45) is 5.92 Å². The molecule has 0 fully saturated rings. The first-order valence-electron chi connectivity index (χ1n) is 6.29. The minimum atomic E-state index is -0.627. The average Bonchev–Trinajstić information content (AvgIpc) is 2.22. The van der Waals surface area contributed by atoms with Crippen molar-refractivity contribution in [3.05, 3.63) is 0 Å². The zero-order chi connectivity index (χ0) is 12.6. The molecule has 0 aliphatic heterocycles. The van der Waals surface area contributed by atoms with Crippen LogP contribution in [0.25, 0.3) is 0 Å². The lowest BCUT2D eigenvalue weighted by molar-refractivity contribution is -0.146. The molecule has 0 spiro atoms. The van der Waals surface area contributed by atoms with Crippen molar-refractivity contribution in [1.82, 2.24) is 0 Å². The van der Waals surface area contributed by atoms with Crippen molar-refractivity contribution in [1.29, 1.82) is 0 Å². The molecule has 16 heavy (non-hydrogen) atoms. The number of carbonyl (C=O) groups is 1. The normalized spacial score (nSPS) is 14.9. The van der Waals surface area contributed by atoms with E-state index >= 15 is 0 Å². The molecule has 96 valence electrons. The summed E-state index contributed by atoms with van der Waals surface area (Å²) < 4.78 is 4.56. The molecular weight excluding hydrogens is 220 g/mol. The topological polar surface area (TPSA) is 26.3 Å². The molecule has 0 aromatic carbocycles. The van der Waals surface area contributed by atoms with E-state index in [4.69, 9.17) is 4.74 Å². The number of hydrogen-bond acceptors (Lipinski definition) is 3. The monoisotopic (exact) mass is 246 g/mol. The molecule has 0 bridgehead atoms. The fraction of sp³-hybridized carbons (Fsp3) is 0.923. The lowest BCUT2D eigenvalue weighted by Crippen LogP contribution is -2.30. The molecular formula is C13H26O2S. The molecule has 0 amide bonds. The van der Waals surface area contributed by atoms with Crippen molar-refractivity contribution in [3.63, 3.8) is 0 Å². The lowest BCUT2D eigenvalue weighted by Gasteiger charge is -2.19. The van der Waals surface area contributed by atoms with E-state index in [1.807, 2.05) is 6.92 Å². The van der Waals surface area contributed by atoms with Crippen molar-refractivity contribution in [2.45, 2.75) is 64.5 Å². The summed E-state index contributed by atoms with van der Waals surface area (Å²) in [5, 5.41) is 0. The van der Waals surface area contributed by atoms with Crippen molar-refractivity contribution in [2.75, 3.05) is 6.61 Å². The van der Waals surface area contributed by atoms with E-state index in [0.717, 1.165) is 18.8 Å². The Labute approximate surface area is 106 Å². The van der Waals surface area contributed by atoms with Crippen molar-refractivity contribution < 1.29 is 9.53 Å². The van der Waals surface area contributed by atoms with E-state index in [9.17, 15) is 4.79 Å². The SMILES string of the molecule is CCC(C)(S)C(=O)OCCCCCC(C)C. The first-order valence-corrected chi connectivity index (χ1v) is 6.74. The lowest BCUT2D eigenvalue weighted by atomic mass is 10.1. The van der Waals surface area contributed by atoms with Crippen molar-refractivity contribution >= 4 is 18.6 Å². The minimum Gasteiger partial charge on any atom is -0.465 e. The number of ether oxygens (including phenoxy) is 1. The minimum absolute atomic E-state index is 0.192. The van der Waals surface area contributed by atoms with Crippen LogP contribution in [0.3, 0.4) is 0 Å². The summed E-state index contributed by atoms with van der Waals surface area (Å²) in [6.07, 6.45) is 5.28. The van der Waals surface area contributed by atoms with Crippen LogP contribution in [0.1, 0.15) is 59.8 Å². The van der Waals surface area contributed by atoms with E-state index in [1.54, 1.807) is 6.92 Å². The van der Waals surface area contributed by atoms with Gasteiger partial charge in [0, 0.05) is 0 Å². The number of thiol groups is 1. The Kier molecular flexibility index (Phi) is 7.90. The second-order valence-electron chi connectivity index (χ2n) is 5.01. The molecule has 0 radical (unpaired) electrons. The summed E-state index contributed by atoms with van der Waals surface area (Å²) in [6.45, 7) is 8.74. The molecule has 0 saturated carbocycles. The predicted molar refractivity (Wildman–Crippen MR) is 71.9 cm³/mol. The van der Waals surface area contributed by atoms with E-state index in [2.05, 4.69) is 26.5 Å². The Balaban J connectivity index is 3.49. The summed E-state index contributed by atoms with van der Waals surface area (Å²) in [6, 6.07) is 0. The summed E-state index contributed by atoms with van der Waals surface area (Å²) in [7, 11) is 0. The summed E-state index contributed by atoms with van der Waals surface area (Å²) in [4.78, 5) is 11.5. The van der Waals surface area contributed by atoms with Crippen LogP contribution < -0.4 is 0 Å². The molecule has 1 unspecified atom stereocenters. The summed E-state index contributed by atoms with van der Waals surface area (Å²) >= 11 is 4.28. The molecule has 0 N–H and O–H groups in total. The Morgan fingerprint density at radius 3 is 2.44 bits per heavy atom. The van der Waals surface area contributed by atoms with Crippen LogP contribution in [0.5, 0.6) is 0 Å². The summed E-state index contributed by atoms with van der Waals surface area (Å²) in [5.41, 5.74) is 0. The van der Waals surface area contributed by atoms with Gasteiger partial charge in [-0.25, -0.2) is 0 Å². The van der Waals surface area contributed by atoms with Gasteiger partial charge in [0.15, 0.2) is 0 Å². The maximum absolute atomic E-state index is 11.5. The third kappa shape index (κ3) is 7.15. The highest BCUT2D eigenvalue weighted by Crippen LogP contribution is 2.19. The van der Waals surface area contributed by atoms with Gasteiger partial charge in [-0.1, -0.05) is 40.0 Å². The smallest absolute Gasteiger partial charge is 0.321 e. The number of hydrogen-bond donors (Lipinski definition) is 1. The van der Waals surface area contributed by atoms with Crippen LogP contribution in [0.2, 0.25) is 0 Å². The Morgan fingerprint density at radius 1 is 1.31 bits per heavy atom. The van der Waals surface area contributed by atoms with Crippen LogP contribution in [-0.4, -0.2) is 17.3 Å². The molecule has 0 aromatic rings. The number of carbonyl (C=O) groups excluding carboxylic acids is 1. The van der Waals surface area contributed by atoms with Gasteiger partial charge in [-0.05, 0) is 25.7 Å². The molecule has 0 rings (SSSR count). The maximum atomic E-state index is 11.5. The van der Waals surface area contributed by atoms with Gasteiger partial charge in [-0.3, -0.25) is 4.79 Å². The molecule has 2 nitrogen and oxygen atoms in total. The number of unbranched alkanes of at least 4 members (excludes halogenated alkanes) is 2. The highest BCUT2D eigenvalue weighted by atomic mass is 32.1. The largest absolute Gasteiger partial charge is 0.465 e. The average molecular weight is 246 g/mol. The van der Waals surface area contributed by atoms with Gasteiger partial charge in [0.05, 0.1) is 6.61 Å². The van der Waals surface area contributed by atoms with Gasteiger partial charge >= 0.3 is 5.97 Å². The maximum Gasteiger partial charge on any atom is 0.321 e. The van der Waals surface area contributed by atoms with Gasteiger partial charge in [-0.2, -0.15) is 12.6 Å². The molecule has 0 heterocycles. The molecule has 1 atom stereocenters. The Bertz CT molecular complexity index is 200. The third-order valence-electron chi connectivity index (χ3n) is 2.79. The molecule has 3 heteroatoms. The van der Waals surface area contributed by atoms with Gasteiger partial charge in [0.1, 0.15) is 4.75 Å². The van der Waals surface area contributed by atoms with Crippen LogP contribution in [0.4, 0.5) is 0 Å². The number of esters is 1. The van der Waals surface area contributed by atoms with Crippen LogP contribution in [0.15, 0.2) is 0 Å². The predicted octanol–water partition coefficient (Wildman–Crippen LogP) is 3.84. The highest BCUT2D eigenvalue weighted by molar-refractivity contribution is 7.82. The van der Waals surface area contributed by atoms with Crippen molar-refractivity contribution in [3.8, 4) is 0 Å². The summed E-state index contributed by atoms with van der Waals surface area (Å²) in [5.74, 6) is 0.575. The fourth-order valence-electron chi connectivity index (χ4n) is 1.30. The first kappa shape index (κ1) is 15.8. The van der Waals surface area contributed by atoms with Gasteiger partial charge < -0.3 is 4.74 Å². The molecule has 0 aliphatic rings. The fourth-order valence-corrected chi connectivity index (χ4v) is 1.36. The molecule has 0 aromatic heterocycles. The zero-order valence-corrected chi connectivity index (χ0v) is 12.0. The highest BCUT2D eigenvalue weighted by Gasteiger charge is 2.27. The van der Waals surface area contributed by atoms with E-state index in [-0.39, 0.29) is 5.97 Å². The van der Waals surface area contributed by atoms with E-state index in [1.165, 1.54) is 12.8 Å². The van der Waals surface area contributed by atoms with Gasteiger partial charge in [0.2, 0.25) is 0 Å². The quantitative estimate of drug-likeness (QED) is 0.400. The molecule has 0 saturated heterocycles. The van der Waals surface area contributed by atoms with Crippen LogP contribution in [0, 0.1) is 5.92 Å².